The van der Waals surface area contributed by atoms with Crippen molar-refractivity contribution in [1.29, 1.82) is 0 Å². The van der Waals surface area contributed by atoms with E-state index >= 15 is 0 Å². The molecule has 0 radical (unpaired) electrons. The number of amides is 2. The molecule has 3 aromatic rings. The van der Waals surface area contributed by atoms with E-state index < -0.39 is 0 Å². The van der Waals surface area contributed by atoms with E-state index in [2.05, 4.69) is 50.3 Å². The summed E-state index contributed by atoms with van der Waals surface area (Å²) < 4.78 is 6.21. The maximum Gasteiger partial charge on any atom is 0.317 e. The summed E-state index contributed by atoms with van der Waals surface area (Å²) >= 11 is 0. The molecular weight excluding hydrogens is 428 g/mol. The summed E-state index contributed by atoms with van der Waals surface area (Å²) in [4.78, 5) is 26.9. The predicted molar refractivity (Wildman–Crippen MR) is 134 cm³/mol. The van der Waals surface area contributed by atoms with Gasteiger partial charge in [-0.2, -0.15) is 0 Å². The van der Waals surface area contributed by atoms with E-state index in [1.165, 1.54) is 5.57 Å². The van der Waals surface area contributed by atoms with Gasteiger partial charge in [0.15, 0.2) is 0 Å². The molecule has 8 nitrogen and oxygen atoms in total. The van der Waals surface area contributed by atoms with Crippen LogP contribution in [0.15, 0.2) is 41.1 Å². The van der Waals surface area contributed by atoms with Crippen molar-refractivity contribution in [2.75, 3.05) is 46.3 Å². The highest BCUT2D eigenvalue weighted by atomic mass is 16.3. The van der Waals surface area contributed by atoms with Gasteiger partial charge >= 0.3 is 6.03 Å². The van der Waals surface area contributed by atoms with Gasteiger partial charge in [-0.25, -0.2) is 9.78 Å². The number of carbonyl (C=O) groups is 1. The van der Waals surface area contributed by atoms with Crippen LogP contribution in [-0.2, 0) is 6.54 Å². The van der Waals surface area contributed by atoms with E-state index in [-0.39, 0.29) is 12.1 Å². The second-order valence-corrected chi connectivity index (χ2v) is 9.70. The molecule has 2 aliphatic heterocycles. The predicted octanol–water partition coefficient (Wildman–Crippen LogP) is 3.78. The Hall–Kier alpha value is -3.10. The summed E-state index contributed by atoms with van der Waals surface area (Å²) in [6.07, 6.45) is 6.87. The summed E-state index contributed by atoms with van der Waals surface area (Å²) in [6, 6.07) is 6.42. The van der Waals surface area contributed by atoms with Crippen LogP contribution in [0.2, 0.25) is 0 Å². The maximum absolute atomic E-state index is 12.3. The molecule has 5 rings (SSSR count). The average molecular weight is 463 g/mol. The lowest BCUT2D eigenvalue weighted by atomic mass is 9.99. The number of nitrogens with one attached hydrogen (secondary N) is 2. The highest BCUT2D eigenvalue weighted by Crippen LogP contribution is 2.32. The van der Waals surface area contributed by atoms with E-state index in [4.69, 9.17) is 4.42 Å². The zero-order valence-electron chi connectivity index (χ0n) is 20.3. The van der Waals surface area contributed by atoms with E-state index in [9.17, 15) is 4.79 Å². The second-order valence-electron chi connectivity index (χ2n) is 9.70. The molecule has 1 saturated heterocycles. The van der Waals surface area contributed by atoms with Crippen LogP contribution >= 0.6 is 0 Å². The van der Waals surface area contributed by atoms with Crippen LogP contribution in [-0.4, -0.2) is 83.1 Å². The smallest absolute Gasteiger partial charge is 0.317 e. The van der Waals surface area contributed by atoms with Gasteiger partial charge in [0, 0.05) is 74.2 Å². The lowest BCUT2D eigenvalue weighted by Gasteiger charge is -2.31. The molecular formula is C26H34N6O2. The molecule has 2 N–H and O–H groups in total. The third kappa shape index (κ3) is 4.88. The summed E-state index contributed by atoms with van der Waals surface area (Å²) in [5.74, 6) is 1.84. The molecule has 0 spiro atoms. The first-order valence-corrected chi connectivity index (χ1v) is 12.2. The van der Waals surface area contributed by atoms with Crippen molar-refractivity contribution in [3.8, 4) is 11.3 Å². The second kappa shape index (κ2) is 9.64. The number of fused-ring (bicyclic) bond motifs is 1. The molecule has 2 amide bonds. The molecule has 34 heavy (non-hydrogen) atoms. The Morgan fingerprint density at radius 1 is 1.21 bits per heavy atom. The van der Waals surface area contributed by atoms with E-state index in [1.54, 1.807) is 0 Å². The van der Waals surface area contributed by atoms with Gasteiger partial charge in [-0.3, -0.25) is 4.90 Å². The lowest BCUT2D eigenvalue weighted by Crippen LogP contribution is -2.44. The number of furan rings is 1. The Balaban J connectivity index is 1.32. The Bertz CT molecular complexity index is 1190. The topological polar surface area (TPSA) is 80.6 Å². The summed E-state index contributed by atoms with van der Waals surface area (Å²) in [7, 11) is 2.17. The number of carbonyl (C=O) groups excluding carboxylic acids is 1. The fraction of sp³-hybridized carbons (Fsp3) is 0.462. The zero-order valence-corrected chi connectivity index (χ0v) is 20.3. The first kappa shape index (κ1) is 22.7. The molecule has 0 unspecified atom stereocenters. The van der Waals surface area contributed by atoms with Crippen molar-refractivity contribution in [2.45, 2.75) is 32.9 Å². The van der Waals surface area contributed by atoms with Crippen molar-refractivity contribution in [3.63, 3.8) is 0 Å². The van der Waals surface area contributed by atoms with Gasteiger partial charge in [-0.05, 0) is 51.1 Å². The van der Waals surface area contributed by atoms with Gasteiger partial charge in [0.05, 0.1) is 6.54 Å². The van der Waals surface area contributed by atoms with Gasteiger partial charge in [-0.15, -0.1) is 0 Å². The van der Waals surface area contributed by atoms with Gasteiger partial charge < -0.3 is 24.5 Å². The minimum absolute atomic E-state index is 0.00150. The number of aromatic nitrogens is 2. The number of rotatable bonds is 5. The minimum atomic E-state index is -0.00150. The molecule has 0 atom stereocenters. The van der Waals surface area contributed by atoms with Crippen LogP contribution in [0, 0.1) is 0 Å². The quantitative estimate of drug-likeness (QED) is 0.603. The van der Waals surface area contributed by atoms with Crippen molar-refractivity contribution < 1.29 is 9.21 Å². The molecule has 0 aromatic carbocycles. The average Bonchev–Trinajstić information content (AvgIpc) is 3.47. The fourth-order valence-corrected chi connectivity index (χ4v) is 4.68. The van der Waals surface area contributed by atoms with E-state index in [0.29, 0.717) is 13.1 Å². The van der Waals surface area contributed by atoms with E-state index in [0.717, 1.165) is 72.8 Å². The van der Waals surface area contributed by atoms with Crippen molar-refractivity contribution in [2.24, 2.45) is 0 Å². The van der Waals surface area contributed by atoms with Crippen molar-refractivity contribution >= 4 is 22.6 Å². The van der Waals surface area contributed by atoms with Gasteiger partial charge in [0.2, 0.25) is 0 Å². The number of nitrogens with zero attached hydrogens (tertiary/aromatic N) is 4. The number of likely N-dealkylation sites (N-methyl/N-ethyl adjacent to an activating group) is 1. The molecule has 0 saturated carbocycles. The van der Waals surface area contributed by atoms with Crippen LogP contribution in [0.5, 0.6) is 0 Å². The highest BCUT2D eigenvalue weighted by Gasteiger charge is 2.21. The maximum atomic E-state index is 12.3. The lowest BCUT2D eigenvalue weighted by molar-refractivity contribution is 0.140. The van der Waals surface area contributed by atoms with Crippen LogP contribution in [0.1, 0.15) is 31.6 Å². The first-order chi connectivity index (χ1) is 16.5. The fourth-order valence-electron chi connectivity index (χ4n) is 4.68. The molecule has 3 aromatic heterocycles. The molecule has 0 bridgehead atoms. The minimum Gasteiger partial charge on any atom is -0.460 e. The molecule has 8 heteroatoms. The van der Waals surface area contributed by atoms with Gasteiger partial charge in [-0.1, -0.05) is 6.08 Å². The Labute approximate surface area is 200 Å². The van der Waals surface area contributed by atoms with Crippen molar-refractivity contribution in [3.05, 3.63) is 48.0 Å². The zero-order chi connectivity index (χ0) is 23.7. The van der Waals surface area contributed by atoms with E-state index in [1.807, 2.05) is 37.2 Å². The number of piperazine rings is 1. The van der Waals surface area contributed by atoms with Crippen LogP contribution in [0.4, 0.5) is 4.79 Å². The highest BCUT2D eigenvalue weighted by molar-refractivity contribution is 5.93. The Morgan fingerprint density at radius 3 is 2.76 bits per heavy atom. The number of hydrogen-bond acceptors (Lipinski definition) is 5. The summed E-state index contributed by atoms with van der Waals surface area (Å²) in [5, 5.41) is 4.06. The number of urea groups is 1. The first-order valence-electron chi connectivity index (χ1n) is 12.2. The standard InChI is InChI=1S/C26H34N6O2/c1-18(2)29-26(33)32-8-6-19(7-9-32)23-16-28-25-22(23)14-20(15-27-25)24-5-4-21(34-24)17-31-12-10-30(3)11-13-31/h4-6,14-16,18H,7-13,17H2,1-3H3,(H,27,28)(H,29,33). The molecule has 1 fully saturated rings. The number of pyridine rings is 1. The molecule has 180 valence electrons. The summed E-state index contributed by atoms with van der Waals surface area (Å²) in [6.45, 7) is 10.5. The van der Waals surface area contributed by atoms with Crippen LogP contribution in [0.3, 0.4) is 0 Å². The third-order valence-electron chi connectivity index (χ3n) is 6.71. The van der Waals surface area contributed by atoms with Gasteiger partial charge in [0.25, 0.3) is 0 Å². The van der Waals surface area contributed by atoms with Crippen LogP contribution in [0.25, 0.3) is 27.9 Å². The van der Waals surface area contributed by atoms with Crippen LogP contribution < -0.4 is 5.32 Å². The SMILES string of the molecule is CC(C)NC(=O)N1CC=C(c2c[nH]c3ncc(-c4ccc(CN5CCN(C)CC5)o4)cc23)CC1. The molecule has 5 heterocycles. The third-order valence-corrected chi connectivity index (χ3v) is 6.71. The van der Waals surface area contributed by atoms with Gasteiger partial charge in [0.1, 0.15) is 17.2 Å². The normalized spacial score (nSPS) is 18.0. The Kier molecular flexibility index (Phi) is 6.43. The number of hydrogen-bond donors (Lipinski definition) is 2. The summed E-state index contributed by atoms with van der Waals surface area (Å²) in [5.41, 5.74) is 4.24. The molecule has 2 aliphatic rings. The number of H-pyrrole nitrogens is 1. The largest absolute Gasteiger partial charge is 0.460 e. The number of aromatic amines is 1. The molecule has 0 aliphatic carbocycles. The Morgan fingerprint density at radius 2 is 2.03 bits per heavy atom. The monoisotopic (exact) mass is 462 g/mol. The van der Waals surface area contributed by atoms with Crippen molar-refractivity contribution in [1.82, 2.24) is 30.0 Å².